The molecule has 0 aromatic carbocycles. The number of fused-ring (bicyclic) bond motifs is 3. The highest BCUT2D eigenvalue weighted by Crippen LogP contribution is 2.48. The molecule has 9 heteroatoms. The molecule has 9 nitrogen and oxygen atoms in total. The third-order valence-corrected chi connectivity index (χ3v) is 6.48. The second kappa shape index (κ2) is 7.33. The van der Waals surface area contributed by atoms with E-state index in [-0.39, 0.29) is 17.5 Å². The maximum absolute atomic E-state index is 12.3. The predicted molar refractivity (Wildman–Crippen MR) is 114 cm³/mol. The lowest BCUT2D eigenvalue weighted by Gasteiger charge is -2.33. The summed E-state index contributed by atoms with van der Waals surface area (Å²) < 4.78 is 0. The smallest absolute Gasteiger partial charge is 0.337 e. The fraction of sp³-hybridized carbons (Fsp3) is 0.409. The molecule has 2 aliphatic rings. The molecular weight excluding hydrogens is 396 g/mol. The third kappa shape index (κ3) is 3.39. The number of hydrogen-bond acceptors (Lipinski definition) is 6. The van der Waals surface area contributed by atoms with E-state index in [0.29, 0.717) is 34.9 Å². The number of pyridine rings is 1. The molecule has 3 unspecified atom stereocenters. The zero-order chi connectivity index (χ0) is 21.7. The first-order chi connectivity index (χ1) is 14.9. The van der Waals surface area contributed by atoms with Gasteiger partial charge in [-0.3, -0.25) is 9.69 Å². The van der Waals surface area contributed by atoms with E-state index in [1.54, 1.807) is 38.5 Å². The van der Waals surface area contributed by atoms with Gasteiger partial charge < -0.3 is 15.0 Å². The number of aromatic carboxylic acids is 1. The van der Waals surface area contributed by atoms with Crippen molar-refractivity contribution in [3.63, 3.8) is 0 Å². The van der Waals surface area contributed by atoms with Gasteiger partial charge in [0, 0.05) is 37.9 Å². The van der Waals surface area contributed by atoms with Gasteiger partial charge in [-0.2, -0.15) is 4.98 Å². The van der Waals surface area contributed by atoms with Crippen LogP contribution in [0.3, 0.4) is 0 Å². The van der Waals surface area contributed by atoms with Gasteiger partial charge in [0.2, 0.25) is 5.95 Å². The van der Waals surface area contributed by atoms with Crippen LogP contribution in [0.25, 0.3) is 11.0 Å². The van der Waals surface area contributed by atoms with Crippen molar-refractivity contribution in [1.82, 2.24) is 24.8 Å². The van der Waals surface area contributed by atoms with Crippen LogP contribution in [0.2, 0.25) is 0 Å². The molecule has 0 spiro atoms. The summed E-state index contributed by atoms with van der Waals surface area (Å²) >= 11 is 0. The summed E-state index contributed by atoms with van der Waals surface area (Å²) in [6.07, 6.45) is 7.76. The topological polar surface area (TPSA) is 115 Å². The fourth-order valence-electron chi connectivity index (χ4n) is 4.98. The first-order valence-corrected chi connectivity index (χ1v) is 10.5. The Kier molecular flexibility index (Phi) is 4.60. The van der Waals surface area contributed by atoms with Crippen LogP contribution in [0.5, 0.6) is 0 Å². The van der Waals surface area contributed by atoms with E-state index in [0.717, 1.165) is 11.8 Å². The molecule has 2 N–H and O–H groups in total. The third-order valence-electron chi connectivity index (χ3n) is 6.48. The van der Waals surface area contributed by atoms with Crippen molar-refractivity contribution in [3.05, 3.63) is 41.9 Å². The minimum absolute atomic E-state index is 0.129. The van der Waals surface area contributed by atoms with Gasteiger partial charge >= 0.3 is 5.97 Å². The van der Waals surface area contributed by atoms with Gasteiger partial charge in [0.15, 0.2) is 0 Å². The number of anilines is 2. The van der Waals surface area contributed by atoms with Crippen LogP contribution in [0, 0.1) is 11.8 Å². The lowest BCUT2D eigenvalue weighted by Crippen LogP contribution is -2.37. The number of carboxylic acids is 1. The zero-order valence-corrected chi connectivity index (χ0v) is 17.4. The Morgan fingerprint density at radius 3 is 2.58 bits per heavy atom. The summed E-state index contributed by atoms with van der Waals surface area (Å²) in [5, 5.41) is 9.98. The molecule has 160 valence electrons. The number of carbonyl (C=O) groups excluding carboxylic acids is 1. The molecule has 3 heterocycles. The molecule has 5 rings (SSSR count). The maximum atomic E-state index is 12.3. The minimum Gasteiger partial charge on any atom is -0.478 e. The molecule has 2 aliphatic carbocycles. The molecule has 2 bridgehead atoms. The van der Waals surface area contributed by atoms with E-state index >= 15 is 0 Å². The molecule has 31 heavy (non-hydrogen) atoms. The van der Waals surface area contributed by atoms with Crippen molar-refractivity contribution in [2.75, 3.05) is 19.0 Å². The second-order valence-corrected chi connectivity index (χ2v) is 8.68. The van der Waals surface area contributed by atoms with Crippen molar-refractivity contribution in [2.24, 2.45) is 11.8 Å². The molecule has 2 saturated carbocycles. The number of H-pyrrole nitrogens is 1. The van der Waals surface area contributed by atoms with Crippen molar-refractivity contribution < 1.29 is 14.7 Å². The molecule has 3 aromatic rings. The molecule has 3 atom stereocenters. The van der Waals surface area contributed by atoms with Crippen LogP contribution in [0.15, 0.2) is 30.6 Å². The number of rotatable bonds is 5. The van der Waals surface area contributed by atoms with E-state index < -0.39 is 5.97 Å². The van der Waals surface area contributed by atoms with Crippen LogP contribution in [-0.4, -0.2) is 62.0 Å². The standard InChI is InChI=1S/C22H24N6O3/c1-27(2)20(29)16-9-15-11-24-22(26-19(15)25-16)28(17-8-12-3-4-13(17)7-12)18-6-5-14(10-23-18)21(30)31/h5-6,9-13,17H,3-4,7-8H2,1-2H3,(H,30,31)(H,24,25,26). The number of aromatic nitrogens is 4. The van der Waals surface area contributed by atoms with Crippen molar-refractivity contribution in [1.29, 1.82) is 0 Å². The van der Waals surface area contributed by atoms with E-state index in [4.69, 9.17) is 4.98 Å². The zero-order valence-electron chi connectivity index (χ0n) is 17.4. The summed E-state index contributed by atoms with van der Waals surface area (Å²) in [5.41, 5.74) is 1.19. The highest BCUT2D eigenvalue weighted by molar-refractivity contribution is 5.97. The number of amides is 1. The van der Waals surface area contributed by atoms with Crippen molar-refractivity contribution in [3.8, 4) is 0 Å². The summed E-state index contributed by atoms with van der Waals surface area (Å²) in [4.78, 5) is 44.0. The average Bonchev–Trinajstić information content (AvgIpc) is 3.49. The quantitative estimate of drug-likeness (QED) is 0.652. The molecule has 0 saturated heterocycles. The van der Waals surface area contributed by atoms with Gasteiger partial charge in [0.1, 0.15) is 17.2 Å². The normalized spacial score (nSPS) is 22.1. The lowest BCUT2D eigenvalue weighted by atomic mass is 9.94. The van der Waals surface area contributed by atoms with Crippen molar-refractivity contribution >= 4 is 34.7 Å². The highest BCUT2D eigenvalue weighted by atomic mass is 16.4. The number of carbonyl (C=O) groups is 2. The van der Waals surface area contributed by atoms with E-state index in [1.165, 1.54) is 30.4 Å². The van der Waals surface area contributed by atoms with Gasteiger partial charge in [-0.25, -0.2) is 14.8 Å². The Morgan fingerprint density at radius 1 is 1.13 bits per heavy atom. The Hall–Kier alpha value is -3.49. The fourth-order valence-corrected chi connectivity index (χ4v) is 4.98. The van der Waals surface area contributed by atoms with Gasteiger partial charge in [-0.1, -0.05) is 6.42 Å². The Bertz CT molecular complexity index is 1160. The number of nitrogens with one attached hydrogen (secondary N) is 1. The summed E-state index contributed by atoms with van der Waals surface area (Å²) in [7, 11) is 3.41. The number of aromatic amines is 1. The Morgan fingerprint density at radius 2 is 1.97 bits per heavy atom. The largest absolute Gasteiger partial charge is 0.478 e. The summed E-state index contributed by atoms with van der Waals surface area (Å²) in [6, 6.07) is 5.26. The predicted octanol–water partition coefficient (Wildman–Crippen LogP) is 3.08. The van der Waals surface area contributed by atoms with Crippen LogP contribution in [-0.2, 0) is 0 Å². The molecule has 0 aliphatic heterocycles. The second-order valence-electron chi connectivity index (χ2n) is 8.68. The van der Waals surface area contributed by atoms with Crippen LogP contribution in [0.4, 0.5) is 11.8 Å². The first kappa shape index (κ1) is 19.5. The summed E-state index contributed by atoms with van der Waals surface area (Å²) in [5.74, 6) is 1.25. The highest BCUT2D eigenvalue weighted by Gasteiger charge is 2.44. The average molecular weight is 420 g/mol. The van der Waals surface area contributed by atoms with E-state index in [1.807, 2.05) is 4.90 Å². The number of nitrogens with zero attached hydrogens (tertiary/aromatic N) is 5. The lowest BCUT2D eigenvalue weighted by molar-refractivity contribution is 0.0696. The van der Waals surface area contributed by atoms with E-state index in [9.17, 15) is 14.7 Å². The van der Waals surface area contributed by atoms with Crippen LogP contribution in [0.1, 0.15) is 46.5 Å². The number of carboxylic acid groups (broad SMARTS) is 1. The number of hydrogen-bond donors (Lipinski definition) is 2. The first-order valence-electron chi connectivity index (χ1n) is 10.5. The van der Waals surface area contributed by atoms with E-state index in [2.05, 4.69) is 15.0 Å². The SMILES string of the molecule is CN(C)C(=O)c1cc2cnc(N(c3ccc(C(=O)O)cn3)C3CC4CCC3C4)nc2[nH]1. The Balaban J connectivity index is 1.56. The molecule has 2 fully saturated rings. The molecular formula is C22H24N6O3. The molecule has 0 radical (unpaired) electrons. The van der Waals surface area contributed by atoms with Crippen LogP contribution >= 0.6 is 0 Å². The van der Waals surface area contributed by atoms with Gasteiger partial charge in [-0.05, 0) is 49.3 Å². The van der Waals surface area contributed by atoms with Gasteiger partial charge in [0.05, 0.1) is 5.56 Å². The maximum Gasteiger partial charge on any atom is 0.337 e. The summed E-state index contributed by atoms with van der Waals surface area (Å²) in [6.45, 7) is 0. The van der Waals surface area contributed by atoms with Gasteiger partial charge in [-0.15, -0.1) is 0 Å². The minimum atomic E-state index is -1.01. The van der Waals surface area contributed by atoms with Gasteiger partial charge in [0.25, 0.3) is 5.91 Å². The monoisotopic (exact) mass is 420 g/mol. The van der Waals surface area contributed by atoms with Crippen LogP contribution < -0.4 is 4.90 Å². The molecule has 3 aromatic heterocycles. The Labute approximate surface area is 179 Å². The molecule has 1 amide bonds. The van der Waals surface area contributed by atoms with Crippen molar-refractivity contribution in [2.45, 2.75) is 31.7 Å².